The summed E-state index contributed by atoms with van der Waals surface area (Å²) in [5, 5.41) is 7.23. The fraction of sp³-hybridized carbons (Fsp3) is 0.550. The number of halogens is 1. The fourth-order valence-corrected chi connectivity index (χ4v) is 3.87. The van der Waals surface area contributed by atoms with E-state index in [1.807, 2.05) is 24.3 Å². The Balaban J connectivity index is 1.49. The van der Waals surface area contributed by atoms with E-state index in [-0.39, 0.29) is 17.9 Å². The van der Waals surface area contributed by atoms with Gasteiger partial charge < -0.3 is 9.84 Å². The Morgan fingerprint density at radius 3 is 2.89 bits per heavy atom. The van der Waals surface area contributed by atoms with Crippen LogP contribution in [0.3, 0.4) is 0 Å². The fourth-order valence-electron chi connectivity index (χ4n) is 3.47. The normalized spacial score (nSPS) is 17.0. The van der Waals surface area contributed by atoms with Gasteiger partial charge in [0.25, 0.3) is 0 Å². The van der Waals surface area contributed by atoms with Crippen LogP contribution < -0.4 is 5.32 Å². The Kier molecular flexibility index (Phi) is 7.01. The van der Waals surface area contributed by atoms with E-state index >= 15 is 0 Å². The molecule has 1 aliphatic rings. The minimum absolute atomic E-state index is 0.112. The molecule has 1 N–H and O–H groups in total. The SMILES string of the molecule is CCCC(C)NC(=O)C1CCN(Cc2nc(-c3cccc(Br)c3)no2)CC1. The highest BCUT2D eigenvalue weighted by Crippen LogP contribution is 2.22. The van der Waals surface area contributed by atoms with Gasteiger partial charge in [0, 0.05) is 22.0 Å². The highest BCUT2D eigenvalue weighted by molar-refractivity contribution is 9.10. The molecule has 1 aromatic carbocycles. The number of carbonyl (C=O) groups is 1. The van der Waals surface area contributed by atoms with Crippen LogP contribution in [0.25, 0.3) is 11.4 Å². The molecule has 1 unspecified atom stereocenters. The van der Waals surface area contributed by atoms with Crippen LogP contribution >= 0.6 is 15.9 Å². The van der Waals surface area contributed by atoms with Gasteiger partial charge in [-0.1, -0.05) is 46.6 Å². The van der Waals surface area contributed by atoms with E-state index < -0.39 is 0 Å². The minimum Gasteiger partial charge on any atom is -0.353 e. The Hall–Kier alpha value is -1.73. The van der Waals surface area contributed by atoms with Crippen molar-refractivity contribution in [1.82, 2.24) is 20.4 Å². The van der Waals surface area contributed by atoms with Gasteiger partial charge in [-0.15, -0.1) is 0 Å². The second-order valence-corrected chi connectivity index (χ2v) is 8.19. The van der Waals surface area contributed by atoms with Crippen LogP contribution in [0.15, 0.2) is 33.3 Å². The van der Waals surface area contributed by atoms with Crippen LogP contribution in [0.4, 0.5) is 0 Å². The molecule has 0 radical (unpaired) electrons. The molecule has 2 aromatic rings. The second-order valence-electron chi connectivity index (χ2n) is 7.27. The maximum absolute atomic E-state index is 12.4. The third-order valence-corrected chi connectivity index (χ3v) is 5.47. The van der Waals surface area contributed by atoms with Crippen molar-refractivity contribution < 1.29 is 9.32 Å². The van der Waals surface area contributed by atoms with E-state index in [4.69, 9.17) is 4.52 Å². The number of rotatable bonds is 7. The van der Waals surface area contributed by atoms with Gasteiger partial charge in [0.1, 0.15) is 0 Å². The summed E-state index contributed by atoms with van der Waals surface area (Å²) in [5.74, 6) is 1.53. The Labute approximate surface area is 168 Å². The van der Waals surface area contributed by atoms with Gasteiger partial charge in [-0.2, -0.15) is 4.98 Å². The number of nitrogens with zero attached hydrogens (tertiary/aromatic N) is 3. The summed E-state index contributed by atoms with van der Waals surface area (Å²) in [7, 11) is 0. The Morgan fingerprint density at radius 2 is 2.19 bits per heavy atom. The van der Waals surface area contributed by atoms with E-state index in [0.29, 0.717) is 18.3 Å². The maximum atomic E-state index is 12.4. The predicted molar refractivity (Wildman–Crippen MR) is 108 cm³/mol. The Morgan fingerprint density at radius 1 is 1.41 bits per heavy atom. The van der Waals surface area contributed by atoms with Crippen molar-refractivity contribution in [3.63, 3.8) is 0 Å². The van der Waals surface area contributed by atoms with Gasteiger partial charge in [0.2, 0.25) is 17.6 Å². The van der Waals surface area contributed by atoms with Gasteiger partial charge in [0.05, 0.1) is 6.54 Å². The van der Waals surface area contributed by atoms with E-state index in [0.717, 1.165) is 48.8 Å². The highest BCUT2D eigenvalue weighted by atomic mass is 79.9. The van der Waals surface area contributed by atoms with Crippen molar-refractivity contribution in [2.75, 3.05) is 13.1 Å². The lowest BCUT2D eigenvalue weighted by molar-refractivity contribution is -0.127. The van der Waals surface area contributed by atoms with Crippen molar-refractivity contribution in [1.29, 1.82) is 0 Å². The zero-order valence-electron chi connectivity index (χ0n) is 15.9. The van der Waals surface area contributed by atoms with Crippen molar-refractivity contribution >= 4 is 21.8 Å². The van der Waals surface area contributed by atoms with Crippen molar-refractivity contribution in [2.45, 2.75) is 52.1 Å². The molecule has 3 rings (SSSR count). The zero-order chi connectivity index (χ0) is 19.2. The molecule has 146 valence electrons. The van der Waals surface area contributed by atoms with Crippen molar-refractivity contribution in [3.8, 4) is 11.4 Å². The summed E-state index contributed by atoms with van der Waals surface area (Å²) in [6.07, 6.45) is 3.86. The van der Waals surface area contributed by atoms with Crippen LogP contribution in [0, 0.1) is 5.92 Å². The van der Waals surface area contributed by atoms with E-state index in [2.05, 4.69) is 50.1 Å². The smallest absolute Gasteiger partial charge is 0.241 e. The summed E-state index contributed by atoms with van der Waals surface area (Å²) in [4.78, 5) is 19.1. The largest absolute Gasteiger partial charge is 0.353 e. The van der Waals surface area contributed by atoms with Crippen molar-refractivity contribution in [2.24, 2.45) is 5.92 Å². The molecule has 0 spiro atoms. The molecule has 1 fully saturated rings. The number of nitrogens with one attached hydrogen (secondary N) is 1. The summed E-state index contributed by atoms with van der Waals surface area (Å²) in [6, 6.07) is 8.11. The third kappa shape index (κ3) is 5.62. The summed E-state index contributed by atoms with van der Waals surface area (Å²) in [5.41, 5.74) is 0.927. The molecule has 1 saturated heterocycles. The number of hydrogen-bond donors (Lipinski definition) is 1. The molecular formula is C20H27BrN4O2. The number of piperidine rings is 1. The monoisotopic (exact) mass is 434 g/mol. The predicted octanol–water partition coefficient (Wildman–Crippen LogP) is 4.02. The second kappa shape index (κ2) is 9.46. The topological polar surface area (TPSA) is 71.3 Å². The number of hydrogen-bond acceptors (Lipinski definition) is 5. The number of likely N-dealkylation sites (tertiary alicyclic amines) is 1. The molecule has 0 aliphatic carbocycles. The van der Waals surface area contributed by atoms with Crippen LogP contribution in [-0.4, -0.2) is 40.1 Å². The standard InChI is InChI=1S/C20H27BrN4O2/c1-3-5-14(2)22-20(26)15-8-10-25(11-9-15)13-18-23-19(24-27-18)16-6-4-7-17(21)12-16/h4,6-7,12,14-15H,3,5,8-11,13H2,1-2H3,(H,22,26). The van der Waals surface area contributed by atoms with E-state index in [1.54, 1.807) is 0 Å². The minimum atomic E-state index is 0.112. The van der Waals surface area contributed by atoms with Crippen LogP contribution in [0.2, 0.25) is 0 Å². The van der Waals surface area contributed by atoms with Gasteiger partial charge in [-0.25, -0.2) is 0 Å². The first-order valence-corrected chi connectivity index (χ1v) is 10.5. The zero-order valence-corrected chi connectivity index (χ0v) is 17.5. The first-order chi connectivity index (χ1) is 13.0. The van der Waals surface area contributed by atoms with Crippen LogP contribution in [0.5, 0.6) is 0 Å². The lowest BCUT2D eigenvalue weighted by Crippen LogP contribution is -2.42. The van der Waals surface area contributed by atoms with Crippen LogP contribution in [-0.2, 0) is 11.3 Å². The number of aromatic nitrogens is 2. The highest BCUT2D eigenvalue weighted by Gasteiger charge is 2.26. The van der Waals surface area contributed by atoms with Gasteiger partial charge in [-0.3, -0.25) is 9.69 Å². The molecule has 6 nitrogen and oxygen atoms in total. The first kappa shape index (κ1) is 20.0. The van der Waals surface area contributed by atoms with Crippen molar-refractivity contribution in [3.05, 3.63) is 34.6 Å². The number of benzene rings is 1. The summed E-state index contributed by atoms with van der Waals surface area (Å²) in [6.45, 7) is 6.58. The first-order valence-electron chi connectivity index (χ1n) is 9.66. The molecule has 7 heteroatoms. The molecule has 0 saturated carbocycles. The molecule has 1 aliphatic heterocycles. The Bertz CT molecular complexity index is 756. The molecule has 27 heavy (non-hydrogen) atoms. The van der Waals surface area contributed by atoms with Gasteiger partial charge in [-0.05, 0) is 51.4 Å². The average Bonchev–Trinajstić information content (AvgIpc) is 3.11. The quantitative estimate of drug-likeness (QED) is 0.712. The van der Waals surface area contributed by atoms with Crippen LogP contribution in [0.1, 0.15) is 45.4 Å². The van der Waals surface area contributed by atoms with Gasteiger partial charge in [0.15, 0.2) is 0 Å². The molecule has 1 aromatic heterocycles. The molecule has 0 bridgehead atoms. The molecule has 1 amide bonds. The maximum Gasteiger partial charge on any atom is 0.241 e. The third-order valence-electron chi connectivity index (χ3n) is 4.98. The molecule has 1 atom stereocenters. The molecule has 2 heterocycles. The average molecular weight is 435 g/mol. The summed E-state index contributed by atoms with van der Waals surface area (Å²) >= 11 is 3.46. The lowest BCUT2D eigenvalue weighted by Gasteiger charge is -2.30. The van der Waals surface area contributed by atoms with Gasteiger partial charge >= 0.3 is 0 Å². The van der Waals surface area contributed by atoms with E-state index in [9.17, 15) is 4.79 Å². The lowest BCUT2D eigenvalue weighted by atomic mass is 9.95. The number of amides is 1. The summed E-state index contributed by atoms with van der Waals surface area (Å²) < 4.78 is 6.40. The van der Waals surface area contributed by atoms with E-state index in [1.165, 1.54) is 0 Å². The molecular weight excluding hydrogens is 408 g/mol. The number of carbonyl (C=O) groups excluding carboxylic acids is 1.